The lowest BCUT2D eigenvalue weighted by molar-refractivity contribution is 0.458. The average molecular weight is 219 g/mol. The van der Waals surface area contributed by atoms with Gasteiger partial charge in [-0.1, -0.05) is 12.2 Å². The molecule has 1 rings (SSSR count). The molecule has 0 bridgehead atoms. The van der Waals surface area contributed by atoms with Crippen molar-refractivity contribution in [1.82, 2.24) is 0 Å². The van der Waals surface area contributed by atoms with Gasteiger partial charge in [-0.25, -0.2) is 4.39 Å². The molecule has 0 saturated heterocycles. The molecular formula is C13H14FNO. The average Bonchev–Trinajstić information content (AvgIpc) is 2.21. The van der Waals surface area contributed by atoms with Crippen LogP contribution in [0.25, 0.3) is 0 Å². The van der Waals surface area contributed by atoms with Crippen LogP contribution in [0.1, 0.15) is 13.8 Å². The van der Waals surface area contributed by atoms with Crippen LogP contribution in [0.15, 0.2) is 53.4 Å². The van der Waals surface area contributed by atoms with Gasteiger partial charge in [-0.3, -0.25) is 4.99 Å². The molecule has 0 N–H and O–H groups in total. The number of allylic oxidation sites excluding steroid dienone is 2. The molecule has 0 heterocycles. The van der Waals surface area contributed by atoms with E-state index in [2.05, 4.69) is 11.6 Å². The smallest absolute Gasteiger partial charge is 0.138 e. The standard InChI is InChI=1S/C13H14FNO/c1-10(2)8-15-9-11(3)16-13-6-4-12(14)5-7-13/h4-9H,3H2,1-2H3. The van der Waals surface area contributed by atoms with Crippen LogP contribution in [0.4, 0.5) is 4.39 Å². The Morgan fingerprint density at radius 2 is 1.94 bits per heavy atom. The minimum absolute atomic E-state index is 0.295. The first-order valence-corrected chi connectivity index (χ1v) is 4.87. The minimum atomic E-state index is -0.295. The van der Waals surface area contributed by atoms with Crippen molar-refractivity contribution in [1.29, 1.82) is 0 Å². The van der Waals surface area contributed by atoms with Gasteiger partial charge >= 0.3 is 0 Å². The molecule has 0 aromatic heterocycles. The van der Waals surface area contributed by atoms with Crippen molar-refractivity contribution in [2.75, 3.05) is 0 Å². The van der Waals surface area contributed by atoms with Gasteiger partial charge in [0.1, 0.15) is 17.3 Å². The van der Waals surface area contributed by atoms with Gasteiger partial charge < -0.3 is 4.74 Å². The highest BCUT2D eigenvalue weighted by Gasteiger charge is 1.95. The van der Waals surface area contributed by atoms with Crippen molar-refractivity contribution in [2.24, 2.45) is 4.99 Å². The predicted molar refractivity (Wildman–Crippen MR) is 64.1 cm³/mol. The summed E-state index contributed by atoms with van der Waals surface area (Å²) in [5, 5.41) is 0. The normalized spacial score (nSPS) is 10.2. The molecule has 0 fully saturated rings. The third-order valence-corrected chi connectivity index (χ3v) is 1.61. The zero-order chi connectivity index (χ0) is 12.0. The number of nitrogens with zero attached hydrogens (tertiary/aromatic N) is 1. The summed E-state index contributed by atoms with van der Waals surface area (Å²) in [5.41, 5.74) is 1.09. The highest BCUT2D eigenvalue weighted by molar-refractivity contribution is 5.76. The second-order valence-corrected chi connectivity index (χ2v) is 3.51. The third kappa shape index (κ3) is 4.55. The summed E-state index contributed by atoms with van der Waals surface area (Å²) in [6.07, 6.45) is 3.22. The maximum atomic E-state index is 12.6. The van der Waals surface area contributed by atoms with Crippen molar-refractivity contribution >= 4 is 6.21 Å². The first-order chi connectivity index (χ1) is 7.58. The highest BCUT2D eigenvalue weighted by atomic mass is 19.1. The van der Waals surface area contributed by atoms with Crippen LogP contribution in [-0.4, -0.2) is 6.21 Å². The molecule has 1 aromatic carbocycles. The van der Waals surface area contributed by atoms with E-state index in [4.69, 9.17) is 4.74 Å². The van der Waals surface area contributed by atoms with Crippen LogP contribution in [0.2, 0.25) is 0 Å². The number of ether oxygens (including phenoxy) is 1. The molecule has 1 aromatic rings. The number of aliphatic imine (C=N–C) groups is 1. The van der Waals surface area contributed by atoms with Crippen LogP contribution in [-0.2, 0) is 0 Å². The number of rotatable bonds is 4. The third-order valence-electron chi connectivity index (χ3n) is 1.61. The fourth-order valence-electron chi connectivity index (χ4n) is 0.950. The lowest BCUT2D eigenvalue weighted by Crippen LogP contribution is -1.94. The molecular weight excluding hydrogens is 205 g/mol. The number of hydrogen-bond donors (Lipinski definition) is 0. The zero-order valence-corrected chi connectivity index (χ0v) is 9.40. The zero-order valence-electron chi connectivity index (χ0n) is 9.40. The van der Waals surface area contributed by atoms with E-state index in [9.17, 15) is 4.39 Å². The predicted octanol–water partition coefficient (Wildman–Crippen LogP) is 3.71. The maximum absolute atomic E-state index is 12.6. The highest BCUT2D eigenvalue weighted by Crippen LogP contribution is 2.13. The lowest BCUT2D eigenvalue weighted by atomic mass is 10.3. The second kappa shape index (κ2) is 5.85. The van der Waals surface area contributed by atoms with E-state index in [1.54, 1.807) is 6.20 Å². The summed E-state index contributed by atoms with van der Waals surface area (Å²) < 4.78 is 17.9. The van der Waals surface area contributed by atoms with Crippen molar-refractivity contribution in [3.63, 3.8) is 0 Å². The van der Waals surface area contributed by atoms with Gasteiger partial charge in [-0.05, 0) is 38.1 Å². The Labute approximate surface area is 94.8 Å². The SMILES string of the molecule is C=C(C=NC=C(C)C)Oc1ccc(F)cc1. The van der Waals surface area contributed by atoms with E-state index in [-0.39, 0.29) is 5.82 Å². The molecule has 0 aliphatic carbocycles. The van der Waals surface area contributed by atoms with Crippen molar-refractivity contribution < 1.29 is 9.13 Å². The van der Waals surface area contributed by atoms with E-state index < -0.39 is 0 Å². The molecule has 0 unspecified atom stereocenters. The van der Waals surface area contributed by atoms with Crippen LogP contribution in [0, 0.1) is 5.82 Å². The van der Waals surface area contributed by atoms with E-state index in [0.717, 1.165) is 5.57 Å². The molecule has 84 valence electrons. The molecule has 2 nitrogen and oxygen atoms in total. The molecule has 3 heteroatoms. The summed E-state index contributed by atoms with van der Waals surface area (Å²) in [4.78, 5) is 4.00. The van der Waals surface area contributed by atoms with Gasteiger partial charge in [-0.15, -0.1) is 0 Å². The fourth-order valence-corrected chi connectivity index (χ4v) is 0.950. The van der Waals surface area contributed by atoms with E-state index >= 15 is 0 Å². The molecule has 0 aliphatic rings. The summed E-state index contributed by atoms with van der Waals surface area (Å²) in [6.45, 7) is 7.57. The fraction of sp³-hybridized carbons (Fsp3) is 0.154. The van der Waals surface area contributed by atoms with Crippen molar-refractivity contribution in [2.45, 2.75) is 13.8 Å². The largest absolute Gasteiger partial charge is 0.456 e. The van der Waals surface area contributed by atoms with Crippen LogP contribution in [0.3, 0.4) is 0 Å². The van der Waals surface area contributed by atoms with Crippen LogP contribution >= 0.6 is 0 Å². The van der Waals surface area contributed by atoms with Gasteiger partial charge in [0.25, 0.3) is 0 Å². The lowest BCUT2D eigenvalue weighted by Gasteiger charge is -2.03. The summed E-state index contributed by atoms with van der Waals surface area (Å²) in [5.74, 6) is 0.648. The second-order valence-electron chi connectivity index (χ2n) is 3.51. The van der Waals surface area contributed by atoms with Crippen LogP contribution < -0.4 is 4.74 Å². The topological polar surface area (TPSA) is 21.6 Å². The number of benzene rings is 1. The molecule has 0 radical (unpaired) electrons. The first-order valence-electron chi connectivity index (χ1n) is 4.87. The van der Waals surface area contributed by atoms with Gasteiger partial charge in [0.15, 0.2) is 0 Å². The quantitative estimate of drug-likeness (QED) is 0.558. The maximum Gasteiger partial charge on any atom is 0.138 e. The molecule has 0 amide bonds. The Morgan fingerprint density at radius 3 is 2.50 bits per heavy atom. The Bertz CT molecular complexity index is 414. The number of halogens is 1. The molecule has 0 aliphatic heterocycles. The van der Waals surface area contributed by atoms with E-state index in [1.165, 1.54) is 30.5 Å². The number of hydrogen-bond acceptors (Lipinski definition) is 2. The Hall–Kier alpha value is -1.90. The summed E-state index contributed by atoms with van der Waals surface area (Å²) in [7, 11) is 0. The van der Waals surface area contributed by atoms with E-state index in [0.29, 0.717) is 11.5 Å². The van der Waals surface area contributed by atoms with Crippen molar-refractivity contribution in [3.8, 4) is 5.75 Å². The summed E-state index contributed by atoms with van der Waals surface area (Å²) in [6, 6.07) is 5.73. The molecule has 16 heavy (non-hydrogen) atoms. The van der Waals surface area contributed by atoms with Gasteiger partial charge in [-0.2, -0.15) is 0 Å². The van der Waals surface area contributed by atoms with Gasteiger partial charge in [0.2, 0.25) is 0 Å². The summed E-state index contributed by atoms with van der Waals surface area (Å²) >= 11 is 0. The first kappa shape index (κ1) is 12.2. The van der Waals surface area contributed by atoms with Crippen molar-refractivity contribution in [3.05, 3.63) is 54.2 Å². The minimum Gasteiger partial charge on any atom is -0.456 e. The van der Waals surface area contributed by atoms with Gasteiger partial charge in [0.05, 0.1) is 6.21 Å². The molecule has 0 atom stereocenters. The Balaban J connectivity index is 2.55. The Morgan fingerprint density at radius 1 is 1.31 bits per heavy atom. The molecule has 0 spiro atoms. The van der Waals surface area contributed by atoms with Gasteiger partial charge in [0, 0.05) is 6.20 Å². The molecule has 0 saturated carbocycles. The van der Waals surface area contributed by atoms with Crippen LogP contribution in [0.5, 0.6) is 5.75 Å². The Kier molecular flexibility index (Phi) is 4.45. The van der Waals surface area contributed by atoms with E-state index in [1.807, 2.05) is 13.8 Å². The monoisotopic (exact) mass is 219 g/mol.